The summed E-state index contributed by atoms with van der Waals surface area (Å²) in [7, 11) is 1.72. The minimum Gasteiger partial charge on any atom is -0.337 e. The van der Waals surface area contributed by atoms with Gasteiger partial charge in [-0.2, -0.15) is 10.1 Å². The second kappa shape index (κ2) is 10.3. The highest BCUT2D eigenvalue weighted by Crippen LogP contribution is 2.33. The van der Waals surface area contributed by atoms with Gasteiger partial charge in [0.1, 0.15) is 17.5 Å². The average molecular weight is 497 g/mol. The van der Waals surface area contributed by atoms with Crippen molar-refractivity contribution in [3.05, 3.63) is 84.8 Å². The molecule has 0 unspecified atom stereocenters. The van der Waals surface area contributed by atoms with Gasteiger partial charge in [-0.25, -0.2) is 22.5 Å². The number of hydrogen-bond acceptors (Lipinski definition) is 6. The van der Waals surface area contributed by atoms with E-state index in [9.17, 15) is 22.4 Å². The first-order chi connectivity index (χ1) is 17.2. The molecule has 0 saturated carbocycles. The summed E-state index contributed by atoms with van der Waals surface area (Å²) in [5.74, 6) is -2.11. The zero-order valence-electron chi connectivity index (χ0n) is 18.8. The third-order valence-electron chi connectivity index (χ3n) is 4.97. The van der Waals surface area contributed by atoms with Crippen LogP contribution in [0.3, 0.4) is 0 Å². The van der Waals surface area contributed by atoms with E-state index in [1.807, 2.05) is 0 Å². The van der Waals surface area contributed by atoms with Crippen LogP contribution in [0, 0.1) is 11.6 Å². The summed E-state index contributed by atoms with van der Waals surface area (Å²) in [6.45, 7) is 3.37. The van der Waals surface area contributed by atoms with E-state index in [1.54, 1.807) is 17.9 Å². The summed E-state index contributed by atoms with van der Waals surface area (Å²) < 4.78 is 56.6. The molecule has 4 aromatic rings. The lowest BCUT2D eigenvalue weighted by Crippen LogP contribution is -2.08. The molecule has 0 saturated heterocycles. The molecule has 0 bridgehead atoms. The molecule has 36 heavy (non-hydrogen) atoms. The van der Waals surface area contributed by atoms with Gasteiger partial charge in [-0.05, 0) is 42.0 Å². The van der Waals surface area contributed by atoms with E-state index in [-0.39, 0.29) is 34.3 Å². The van der Waals surface area contributed by atoms with Gasteiger partial charge in [0.05, 0.1) is 23.1 Å². The molecule has 1 amide bonds. The Kier molecular flexibility index (Phi) is 6.95. The number of halogens is 4. The largest absolute Gasteiger partial charge is 0.337 e. The number of anilines is 5. The number of aromatic nitrogens is 4. The van der Waals surface area contributed by atoms with Gasteiger partial charge in [-0.15, -0.1) is 0 Å². The van der Waals surface area contributed by atoms with Crippen molar-refractivity contribution in [1.82, 2.24) is 19.7 Å². The number of carbonyl (C=O) groups excluding carboxylic acids is 1. The van der Waals surface area contributed by atoms with Crippen LogP contribution in [0.15, 0.2) is 67.6 Å². The molecule has 0 aliphatic carbocycles. The summed E-state index contributed by atoms with van der Waals surface area (Å²) in [6, 6.07) is 7.01. The van der Waals surface area contributed by atoms with E-state index in [0.717, 1.165) is 24.3 Å². The lowest BCUT2D eigenvalue weighted by atomic mass is 10.0. The molecule has 12 heteroatoms. The second-order valence-electron chi connectivity index (χ2n) is 7.53. The number of aryl methyl sites for hydroxylation is 1. The normalized spacial score (nSPS) is 10.8. The van der Waals surface area contributed by atoms with E-state index >= 15 is 0 Å². The molecule has 3 N–H and O–H groups in total. The number of nitrogens with zero attached hydrogens (tertiary/aromatic N) is 4. The molecule has 8 nitrogen and oxygen atoms in total. The smallest absolute Gasteiger partial charge is 0.266 e. The molecule has 2 heterocycles. The Hall–Kier alpha value is -4.74. The molecule has 0 aliphatic heterocycles. The Balaban J connectivity index is 1.76. The third-order valence-corrected chi connectivity index (χ3v) is 4.97. The van der Waals surface area contributed by atoms with Crippen LogP contribution in [0.25, 0.3) is 11.1 Å². The fraction of sp³-hybridized carbons (Fsp3) is 0.0833. The predicted octanol–water partition coefficient (Wildman–Crippen LogP) is 5.70. The van der Waals surface area contributed by atoms with Gasteiger partial charge >= 0.3 is 0 Å². The first kappa shape index (κ1) is 24.4. The van der Waals surface area contributed by atoms with Crippen molar-refractivity contribution in [2.75, 3.05) is 16.0 Å². The molecule has 0 atom stereocenters. The van der Waals surface area contributed by atoms with Gasteiger partial charge in [-0.3, -0.25) is 9.48 Å². The van der Waals surface area contributed by atoms with Crippen molar-refractivity contribution in [3.63, 3.8) is 0 Å². The molecular weight excluding hydrogens is 478 g/mol. The van der Waals surface area contributed by atoms with Gasteiger partial charge in [0.15, 0.2) is 0 Å². The maximum Gasteiger partial charge on any atom is 0.266 e. The van der Waals surface area contributed by atoms with Crippen LogP contribution in [-0.4, -0.2) is 25.7 Å². The number of amides is 1. The highest BCUT2D eigenvalue weighted by molar-refractivity contribution is 5.99. The number of rotatable bonds is 8. The molecule has 4 rings (SSSR count). The highest BCUT2D eigenvalue weighted by Gasteiger charge is 2.18. The molecule has 2 aromatic heterocycles. The minimum atomic E-state index is -2.98. The first-order valence-electron chi connectivity index (χ1n) is 10.4. The zero-order valence-corrected chi connectivity index (χ0v) is 18.8. The maximum absolute atomic E-state index is 14.7. The number of alkyl halides is 2. The Morgan fingerprint density at radius 3 is 2.53 bits per heavy atom. The van der Waals surface area contributed by atoms with Gasteiger partial charge in [0.25, 0.3) is 6.43 Å². The number of benzene rings is 2. The minimum absolute atomic E-state index is 0.0479. The second-order valence-corrected chi connectivity index (χ2v) is 7.53. The molecule has 0 spiro atoms. The Morgan fingerprint density at radius 2 is 1.86 bits per heavy atom. The number of nitrogens with one attached hydrogen (secondary N) is 3. The Morgan fingerprint density at radius 1 is 1.06 bits per heavy atom. The maximum atomic E-state index is 14.7. The summed E-state index contributed by atoms with van der Waals surface area (Å²) in [5.41, 5.74) is 0.439. The monoisotopic (exact) mass is 497 g/mol. The first-order valence-corrected chi connectivity index (χ1v) is 10.4. The summed E-state index contributed by atoms with van der Waals surface area (Å²) in [4.78, 5) is 20.2. The van der Waals surface area contributed by atoms with Crippen molar-refractivity contribution in [1.29, 1.82) is 0 Å². The van der Waals surface area contributed by atoms with Crippen molar-refractivity contribution in [2.45, 2.75) is 6.43 Å². The quantitative estimate of drug-likeness (QED) is 0.213. The number of carbonyl (C=O) groups is 1. The SMILES string of the molecule is C=CC(=O)Nc1ccc(F)c(Nc2nc(Nc3cnn(C)c3)ncc2-c2ccc(C(F)F)c(F)c2)c1. The third kappa shape index (κ3) is 5.49. The molecule has 0 fully saturated rings. The van der Waals surface area contributed by atoms with E-state index < -0.39 is 29.5 Å². The summed E-state index contributed by atoms with van der Waals surface area (Å²) >= 11 is 0. The predicted molar refractivity (Wildman–Crippen MR) is 127 cm³/mol. The van der Waals surface area contributed by atoms with Crippen LogP contribution in [0.2, 0.25) is 0 Å². The van der Waals surface area contributed by atoms with Crippen LogP contribution < -0.4 is 16.0 Å². The van der Waals surface area contributed by atoms with Gasteiger partial charge in [-0.1, -0.05) is 12.6 Å². The molecule has 0 aliphatic rings. The van der Waals surface area contributed by atoms with Gasteiger partial charge < -0.3 is 16.0 Å². The van der Waals surface area contributed by atoms with Crippen molar-refractivity contribution in [3.8, 4) is 11.1 Å². The van der Waals surface area contributed by atoms with Crippen LogP contribution in [-0.2, 0) is 11.8 Å². The van der Waals surface area contributed by atoms with E-state index in [2.05, 4.69) is 37.6 Å². The molecular formula is C24H19F4N7O. The molecule has 184 valence electrons. The fourth-order valence-electron chi connectivity index (χ4n) is 3.25. The van der Waals surface area contributed by atoms with E-state index in [0.29, 0.717) is 5.69 Å². The van der Waals surface area contributed by atoms with Gasteiger partial charge in [0, 0.05) is 30.7 Å². The highest BCUT2D eigenvalue weighted by atomic mass is 19.3. The fourth-order valence-corrected chi connectivity index (χ4v) is 3.25. The average Bonchev–Trinajstić information content (AvgIpc) is 3.25. The Labute approximate surface area is 202 Å². The zero-order chi connectivity index (χ0) is 25.8. The van der Waals surface area contributed by atoms with Crippen molar-refractivity contribution < 1.29 is 22.4 Å². The lowest BCUT2D eigenvalue weighted by molar-refractivity contribution is -0.111. The Bertz CT molecular complexity index is 1440. The summed E-state index contributed by atoms with van der Waals surface area (Å²) in [5, 5.41) is 12.3. The van der Waals surface area contributed by atoms with Crippen LogP contribution in [0.1, 0.15) is 12.0 Å². The van der Waals surface area contributed by atoms with Crippen molar-refractivity contribution >= 4 is 34.7 Å². The van der Waals surface area contributed by atoms with Gasteiger partial charge in [0.2, 0.25) is 11.9 Å². The van der Waals surface area contributed by atoms with E-state index in [1.165, 1.54) is 30.6 Å². The van der Waals surface area contributed by atoms with Crippen LogP contribution in [0.4, 0.5) is 46.4 Å². The summed E-state index contributed by atoms with van der Waals surface area (Å²) in [6.07, 6.45) is 2.63. The van der Waals surface area contributed by atoms with E-state index in [4.69, 9.17) is 0 Å². The standard InChI is InChI=1S/C24H19F4N7O/c1-3-21(36)31-14-5-7-18(25)20(9-14)33-23-17(13-4-6-16(22(27)28)19(26)8-13)11-29-24(34-23)32-15-10-30-35(2)12-15/h3-12,22H,1H2,2H3,(H,31,36)(H2,29,32,33,34). The topological polar surface area (TPSA) is 96.8 Å². The number of hydrogen-bond donors (Lipinski definition) is 3. The lowest BCUT2D eigenvalue weighted by Gasteiger charge is -2.15. The molecule has 0 radical (unpaired) electrons. The van der Waals surface area contributed by atoms with Crippen LogP contribution in [0.5, 0.6) is 0 Å². The van der Waals surface area contributed by atoms with Crippen molar-refractivity contribution in [2.24, 2.45) is 7.05 Å². The molecule has 2 aromatic carbocycles. The van der Waals surface area contributed by atoms with Crippen LogP contribution >= 0.6 is 0 Å².